The fourth-order valence-corrected chi connectivity index (χ4v) is 1.63. The second-order valence-corrected chi connectivity index (χ2v) is 3.75. The lowest BCUT2D eigenvalue weighted by molar-refractivity contribution is -0.385. The molecule has 0 saturated carbocycles. The lowest BCUT2D eigenvalue weighted by atomic mass is 10.1. The lowest BCUT2D eigenvalue weighted by Gasteiger charge is -2.07. The van der Waals surface area contributed by atoms with Gasteiger partial charge in [-0.25, -0.2) is 0 Å². The molecule has 2 aromatic carbocycles. The number of hydrogen-bond donors (Lipinski definition) is 2. The van der Waals surface area contributed by atoms with E-state index in [1.807, 2.05) is 30.3 Å². The van der Waals surface area contributed by atoms with Crippen LogP contribution in [0, 0.1) is 10.1 Å². The highest BCUT2D eigenvalue weighted by molar-refractivity contribution is 5.63. The van der Waals surface area contributed by atoms with Crippen molar-refractivity contribution in [2.45, 2.75) is 6.61 Å². The molecule has 5 heteroatoms. The zero-order chi connectivity index (χ0) is 13.0. The number of nitro groups is 1. The number of nitrogens with zero attached hydrogens (tertiary/aromatic N) is 1. The molecule has 18 heavy (non-hydrogen) atoms. The number of para-hydroxylation sites is 1. The summed E-state index contributed by atoms with van der Waals surface area (Å²) in [5.41, 5.74) is 1.69. The Morgan fingerprint density at radius 1 is 1.11 bits per heavy atom. The first kappa shape index (κ1) is 12.1. The van der Waals surface area contributed by atoms with Gasteiger partial charge in [0.1, 0.15) is 0 Å². The highest BCUT2D eigenvalue weighted by Crippen LogP contribution is 2.25. The molecule has 0 unspecified atom stereocenters. The third-order valence-electron chi connectivity index (χ3n) is 2.51. The Labute approximate surface area is 104 Å². The van der Waals surface area contributed by atoms with Crippen molar-refractivity contribution in [3.05, 3.63) is 64.2 Å². The zero-order valence-electron chi connectivity index (χ0n) is 9.54. The number of benzene rings is 2. The van der Waals surface area contributed by atoms with Crippen LogP contribution in [0.3, 0.4) is 0 Å². The van der Waals surface area contributed by atoms with Crippen LogP contribution in [-0.4, -0.2) is 10.0 Å². The fraction of sp³-hybridized carbons (Fsp3) is 0.0769. The first-order valence-electron chi connectivity index (χ1n) is 5.41. The SMILES string of the molecule is O=[N+]([O-])c1cc(Nc2ccccc2)ccc1CO. The van der Waals surface area contributed by atoms with Gasteiger partial charge in [-0.15, -0.1) is 0 Å². The molecule has 2 rings (SSSR count). The molecule has 0 aromatic heterocycles. The Morgan fingerprint density at radius 3 is 2.44 bits per heavy atom. The predicted octanol–water partition coefficient (Wildman–Crippen LogP) is 2.83. The molecule has 0 aliphatic rings. The summed E-state index contributed by atoms with van der Waals surface area (Å²) in [5.74, 6) is 0. The summed E-state index contributed by atoms with van der Waals surface area (Å²) in [6.45, 7) is -0.345. The molecule has 92 valence electrons. The minimum atomic E-state index is -0.498. The van der Waals surface area contributed by atoms with E-state index in [1.54, 1.807) is 12.1 Å². The molecule has 0 heterocycles. The molecule has 0 spiro atoms. The van der Waals surface area contributed by atoms with Gasteiger partial charge in [0, 0.05) is 17.4 Å². The van der Waals surface area contributed by atoms with Crippen molar-refractivity contribution < 1.29 is 10.0 Å². The van der Waals surface area contributed by atoms with Crippen LogP contribution in [-0.2, 0) is 6.61 Å². The van der Waals surface area contributed by atoms with Gasteiger partial charge in [-0.1, -0.05) is 18.2 Å². The van der Waals surface area contributed by atoms with Crippen LogP contribution in [0.2, 0.25) is 0 Å². The summed E-state index contributed by atoms with van der Waals surface area (Å²) < 4.78 is 0. The van der Waals surface area contributed by atoms with Crippen LogP contribution in [0.15, 0.2) is 48.5 Å². The monoisotopic (exact) mass is 244 g/mol. The number of aliphatic hydroxyl groups is 1. The van der Waals surface area contributed by atoms with Crippen molar-refractivity contribution in [1.29, 1.82) is 0 Å². The van der Waals surface area contributed by atoms with E-state index in [9.17, 15) is 10.1 Å². The minimum absolute atomic E-state index is 0.0848. The third kappa shape index (κ3) is 2.64. The second-order valence-electron chi connectivity index (χ2n) is 3.75. The zero-order valence-corrected chi connectivity index (χ0v) is 9.54. The fourth-order valence-electron chi connectivity index (χ4n) is 1.63. The van der Waals surface area contributed by atoms with Crippen molar-refractivity contribution in [2.24, 2.45) is 0 Å². The molecule has 0 saturated heterocycles. The molecule has 0 bridgehead atoms. The maximum absolute atomic E-state index is 10.9. The lowest BCUT2D eigenvalue weighted by Crippen LogP contribution is -1.97. The van der Waals surface area contributed by atoms with Gasteiger partial charge >= 0.3 is 0 Å². The summed E-state index contributed by atoms with van der Waals surface area (Å²) in [6.07, 6.45) is 0. The van der Waals surface area contributed by atoms with Crippen LogP contribution in [0.4, 0.5) is 17.1 Å². The first-order chi connectivity index (χ1) is 8.70. The van der Waals surface area contributed by atoms with Crippen LogP contribution < -0.4 is 5.32 Å². The van der Waals surface area contributed by atoms with E-state index < -0.39 is 4.92 Å². The Morgan fingerprint density at radius 2 is 1.83 bits per heavy atom. The molecule has 0 atom stereocenters. The normalized spacial score (nSPS) is 10.1. The van der Waals surface area contributed by atoms with E-state index in [0.29, 0.717) is 11.3 Å². The van der Waals surface area contributed by atoms with E-state index >= 15 is 0 Å². The Hall–Kier alpha value is -2.40. The molecule has 0 aliphatic heterocycles. The Bertz CT molecular complexity index is 555. The molecule has 2 N–H and O–H groups in total. The second kappa shape index (κ2) is 5.29. The van der Waals surface area contributed by atoms with Crippen molar-refractivity contribution in [3.8, 4) is 0 Å². The summed E-state index contributed by atoms with van der Waals surface area (Å²) in [5, 5.41) is 22.9. The molecule has 0 fully saturated rings. The number of rotatable bonds is 4. The maximum Gasteiger partial charge on any atom is 0.276 e. The number of anilines is 2. The molecule has 2 aromatic rings. The summed E-state index contributed by atoms with van der Waals surface area (Å²) in [6, 6.07) is 14.0. The van der Waals surface area contributed by atoms with E-state index in [2.05, 4.69) is 5.32 Å². The highest BCUT2D eigenvalue weighted by atomic mass is 16.6. The third-order valence-corrected chi connectivity index (χ3v) is 2.51. The standard InChI is InChI=1S/C13H12N2O3/c16-9-10-6-7-12(8-13(10)15(17)18)14-11-4-2-1-3-5-11/h1-8,14,16H,9H2. The van der Waals surface area contributed by atoms with E-state index in [0.717, 1.165) is 5.69 Å². The van der Waals surface area contributed by atoms with E-state index in [-0.39, 0.29) is 12.3 Å². The van der Waals surface area contributed by atoms with Crippen molar-refractivity contribution in [3.63, 3.8) is 0 Å². The summed E-state index contributed by atoms with van der Waals surface area (Å²) in [4.78, 5) is 10.4. The van der Waals surface area contributed by atoms with Crippen LogP contribution >= 0.6 is 0 Å². The highest BCUT2D eigenvalue weighted by Gasteiger charge is 2.13. The van der Waals surface area contributed by atoms with Gasteiger partial charge in [0.2, 0.25) is 0 Å². The minimum Gasteiger partial charge on any atom is -0.391 e. The van der Waals surface area contributed by atoms with Gasteiger partial charge in [-0.2, -0.15) is 0 Å². The van der Waals surface area contributed by atoms with Crippen molar-refractivity contribution in [1.82, 2.24) is 0 Å². The largest absolute Gasteiger partial charge is 0.391 e. The van der Waals surface area contributed by atoms with E-state index in [4.69, 9.17) is 5.11 Å². The number of nitro benzene ring substituents is 1. The van der Waals surface area contributed by atoms with Gasteiger partial charge in [0.25, 0.3) is 5.69 Å². The molecule has 0 amide bonds. The number of nitrogens with one attached hydrogen (secondary N) is 1. The van der Waals surface area contributed by atoms with Crippen LogP contribution in [0.5, 0.6) is 0 Å². The quantitative estimate of drug-likeness (QED) is 0.640. The molecule has 0 radical (unpaired) electrons. The Balaban J connectivity index is 2.30. The van der Waals surface area contributed by atoms with Gasteiger partial charge in [-0.05, 0) is 24.3 Å². The van der Waals surface area contributed by atoms with Crippen LogP contribution in [0.1, 0.15) is 5.56 Å². The first-order valence-corrected chi connectivity index (χ1v) is 5.41. The van der Waals surface area contributed by atoms with Gasteiger partial charge in [-0.3, -0.25) is 10.1 Å². The summed E-state index contributed by atoms with van der Waals surface area (Å²) in [7, 11) is 0. The van der Waals surface area contributed by atoms with Crippen molar-refractivity contribution >= 4 is 17.1 Å². The molecular formula is C13H12N2O3. The molecule has 5 nitrogen and oxygen atoms in total. The maximum atomic E-state index is 10.9. The Kier molecular flexibility index (Phi) is 3.54. The van der Waals surface area contributed by atoms with Crippen molar-refractivity contribution in [2.75, 3.05) is 5.32 Å². The average molecular weight is 244 g/mol. The van der Waals surface area contributed by atoms with Gasteiger partial charge in [0.15, 0.2) is 0 Å². The number of aliphatic hydroxyl groups excluding tert-OH is 1. The average Bonchev–Trinajstić information content (AvgIpc) is 2.40. The number of hydrogen-bond acceptors (Lipinski definition) is 4. The topological polar surface area (TPSA) is 75.4 Å². The molecule has 0 aliphatic carbocycles. The smallest absolute Gasteiger partial charge is 0.276 e. The van der Waals surface area contributed by atoms with Gasteiger partial charge in [0.05, 0.1) is 17.1 Å². The van der Waals surface area contributed by atoms with Crippen LogP contribution in [0.25, 0.3) is 0 Å². The molecular weight excluding hydrogens is 232 g/mol. The van der Waals surface area contributed by atoms with Gasteiger partial charge < -0.3 is 10.4 Å². The van der Waals surface area contributed by atoms with E-state index in [1.165, 1.54) is 6.07 Å². The predicted molar refractivity (Wildman–Crippen MR) is 68.7 cm³/mol. The summed E-state index contributed by atoms with van der Waals surface area (Å²) >= 11 is 0.